The van der Waals surface area contributed by atoms with Crippen molar-refractivity contribution in [2.45, 2.75) is 30.8 Å². The van der Waals surface area contributed by atoms with E-state index in [2.05, 4.69) is 46.9 Å². The minimum atomic E-state index is -3.65. The van der Waals surface area contributed by atoms with Gasteiger partial charge >= 0.3 is 0 Å². The summed E-state index contributed by atoms with van der Waals surface area (Å²) in [6.07, 6.45) is 0.667. The van der Waals surface area contributed by atoms with Gasteiger partial charge in [-0.3, -0.25) is 0 Å². The molecular weight excluding hydrogens is 376 g/mol. The van der Waals surface area contributed by atoms with Crippen molar-refractivity contribution in [3.8, 4) is 0 Å². The van der Waals surface area contributed by atoms with E-state index in [0.29, 0.717) is 11.8 Å². The maximum atomic E-state index is 12.2. The summed E-state index contributed by atoms with van der Waals surface area (Å²) in [6, 6.07) is 0. The van der Waals surface area contributed by atoms with Crippen molar-refractivity contribution in [2.24, 2.45) is 7.05 Å². The molecule has 98 valence electrons. The Labute approximate surface area is 117 Å². The Kier molecular flexibility index (Phi) is 4.73. The van der Waals surface area contributed by atoms with Gasteiger partial charge in [0.25, 0.3) is 10.0 Å². The van der Waals surface area contributed by atoms with Gasteiger partial charge < -0.3 is 0 Å². The zero-order chi connectivity index (χ0) is 13.3. The number of nitrogens with zero attached hydrogens (tertiary/aromatic N) is 3. The molecule has 0 aromatic carbocycles. The average Bonchev–Trinajstić information content (AvgIpc) is 2.58. The van der Waals surface area contributed by atoms with E-state index < -0.39 is 15.6 Å². The number of halogens is 2. The lowest BCUT2D eigenvalue weighted by Crippen LogP contribution is -2.47. The first-order valence-electron chi connectivity index (χ1n) is 4.91. The van der Waals surface area contributed by atoms with Crippen LogP contribution >= 0.6 is 31.9 Å². The SMILES string of the molecule is CCC(C)(CBr)NS(=O)(=O)c1c(Br)nnn1C. The number of hydrogen-bond donors (Lipinski definition) is 1. The Hall–Kier alpha value is 0.0100. The second-order valence-corrected chi connectivity index (χ2v) is 6.87. The highest BCUT2D eigenvalue weighted by Gasteiger charge is 2.32. The highest BCUT2D eigenvalue weighted by atomic mass is 79.9. The van der Waals surface area contributed by atoms with E-state index in [4.69, 9.17) is 0 Å². The number of rotatable bonds is 5. The fourth-order valence-electron chi connectivity index (χ4n) is 1.17. The molecule has 0 saturated carbocycles. The molecule has 0 radical (unpaired) electrons. The lowest BCUT2D eigenvalue weighted by molar-refractivity contribution is 0.445. The minimum absolute atomic E-state index is 0.0260. The van der Waals surface area contributed by atoms with Gasteiger partial charge in [-0.15, -0.1) is 5.10 Å². The fourth-order valence-corrected chi connectivity index (χ4v) is 4.47. The van der Waals surface area contributed by atoms with E-state index >= 15 is 0 Å². The standard InChI is InChI=1S/C8H14Br2N4O2S/c1-4-8(2,5-9)12-17(15,16)7-6(10)11-13-14(7)3/h12H,4-5H2,1-3H3. The van der Waals surface area contributed by atoms with Gasteiger partial charge in [0.15, 0.2) is 4.60 Å². The topological polar surface area (TPSA) is 76.9 Å². The molecule has 1 rings (SSSR count). The van der Waals surface area contributed by atoms with Crippen molar-refractivity contribution in [1.29, 1.82) is 0 Å². The second kappa shape index (κ2) is 5.33. The summed E-state index contributed by atoms with van der Waals surface area (Å²) in [7, 11) is -2.12. The molecule has 0 saturated heterocycles. The van der Waals surface area contributed by atoms with Crippen LogP contribution in [0.15, 0.2) is 9.63 Å². The highest BCUT2D eigenvalue weighted by Crippen LogP contribution is 2.21. The molecule has 1 heterocycles. The highest BCUT2D eigenvalue weighted by molar-refractivity contribution is 9.10. The maximum absolute atomic E-state index is 12.2. The first kappa shape index (κ1) is 15.1. The first-order chi connectivity index (χ1) is 7.75. The van der Waals surface area contributed by atoms with Crippen molar-refractivity contribution < 1.29 is 8.42 Å². The predicted octanol–water partition coefficient (Wildman–Crippen LogP) is 1.42. The van der Waals surface area contributed by atoms with Gasteiger partial charge in [-0.25, -0.2) is 17.8 Å². The quantitative estimate of drug-likeness (QED) is 0.772. The number of aromatic nitrogens is 3. The van der Waals surface area contributed by atoms with Gasteiger partial charge in [-0.05, 0) is 29.3 Å². The van der Waals surface area contributed by atoms with E-state index in [1.54, 1.807) is 0 Å². The first-order valence-corrected chi connectivity index (χ1v) is 8.30. The van der Waals surface area contributed by atoms with Gasteiger partial charge in [0.2, 0.25) is 5.03 Å². The lowest BCUT2D eigenvalue weighted by atomic mass is 10.0. The third-order valence-corrected chi connectivity index (χ3v) is 6.21. The smallest absolute Gasteiger partial charge is 0.235 e. The molecule has 1 aromatic heterocycles. The molecule has 1 unspecified atom stereocenters. The number of sulfonamides is 1. The van der Waals surface area contributed by atoms with Crippen molar-refractivity contribution in [1.82, 2.24) is 19.7 Å². The summed E-state index contributed by atoms with van der Waals surface area (Å²) >= 11 is 6.39. The van der Waals surface area contributed by atoms with Crippen LogP contribution in [0, 0.1) is 0 Å². The van der Waals surface area contributed by atoms with Gasteiger partial charge in [0, 0.05) is 17.9 Å². The van der Waals surface area contributed by atoms with Crippen LogP contribution in [-0.2, 0) is 17.1 Å². The molecule has 0 fully saturated rings. The van der Waals surface area contributed by atoms with Gasteiger partial charge in [-0.2, -0.15) is 0 Å². The number of alkyl halides is 1. The summed E-state index contributed by atoms with van der Waals surface area (Å²) in [5, 5.41) is 7.87. The van der Waals surface area contributed by atoms with Gasteiger partial charge in [0.05, 0.1) is 0 Å². The molecule has 1 aromatic rings. The predicted molar refractivity (Wildman–Crippen MR) is 71.5 cm³/mol. The van der Waals surface area contributed by atoms with E-state index in [9.17, 15) is 8.42 Å². The van der Waals surface area contributed by atoms with Crippen molar-refractivity contribution in [3.63, 3.8) is 0 Å². The van der Waals surface area contributed by atoms with Crippen LogP contribution in [-0.4, -0.2) is 34.3 Å². The molecular formula is C8H14Br2N4O2S. The molecule has 0 spiro atoms. The Morgan fingerprint density at radius 1 is 1.53 bits per heavy atom. The van der Waals surface area contributed by atoms with Crippen LogP contribution in [0.2, 0.25) is 0 Å². The lowest BCUT2D eigenvalue weighted by Gasteiger charge is -2.26. The number of aryl methyl sites for hydroxylation is 1. The summed E-state index contributed by atoms with van der Waals surface area (Å²) < 4.78 is 28.5. The van der Waals surface area contributed by atoms with E-state index in [1.165, 1.54) is 11.7 Å². The molecule has 1 N–H and O–H groups in total. The van der Waals surface area contributed by atoms with Crippen molar-refractivity contribution in [2.75, 3.05) is 5.33 Å². The van der Waals surface area contributed by atoms with E-state index in [0.717, 1.165) is 0 Å². The Morgan fingerprint density at radius 2 is 2.12 bits per heavy atom. The second-order valence-electron chi connectivity index (χ2n) is 3.96. The van der Waals surface area contributed by atoms with Crippen LogP contribution in [0.3, 0.4) is 0 Å². The van der Waals surface area contributed by atoms with Crippen LogP contribution < -0.4 is 4.72 Å². The van der Waals surface area contributed by atoms with Gasteiger partial charge in [-0.1, -0.05) is 28.1 Å². The van der Waals surface area contributed by atoms with Crippen LogP contribution in [0.4, 0.5) is 0 Å². The molecule has 6 nitrogen and oxygen atoms in total. The van der Waals surface area contributed by atoms with Crippen LogP contribution in [0.1, 0.15) is 20.3 Å². The van der Waals surface area contributed by atoms with E-state index in [-0.39, 0.29) is 9.63 Å². The van der Waals surface area contributed by atoms with Crippen molar-refractivity contribution in [3.05, 3.63) is 4.60 Å². The normalized spacial score (nSPS) is 15.8. The monoisotopic (exact) mass is 388 g/mol. The third kappa shape index (κ3) is 3.27. The molecule has 0 aliphatic rings. The van der Waals surface area contributed by atoms with E-state index in [1.807, 2.05) is 13.8 Å². The Balaban J connectivity index is 3.14. The Bertz CT molecular complexity index is 476. The van der Waals surface area contributed by atoms with Gasteiger partial charge in [0.1, 0.15) is 0 Å². The maximum Gasteiger partial charge on any atom is 0.261 e. The molecule has 0 aliphatic carbocycles. The number of hydrogen-bond acceptors (Lipinski definition) is 4. The molecule has 0 amide bonds. The van der Waals surface area contributed by atoms with Crippen LogP contribution in [0.25, 0.3) is 0 Å². The average molecular weight is 390 g/mol. The zero-order valence-electron chi connectivity index (χ0n) is 9.74. The minimum Gasteiger partial charge on any atom is -0.235 e. The molecule has 0 aliphatic heterocycles. The molecule has 0 bridgehead atoms. The van der Waals surface area contributed by atoms with Crippen molar-refractivity contribution >= 4 is 41.9 Å². The summed E-state index contributed by atoms with van der Waals surface area (Å²) in [5.41, 5.74) is -0.539. The zero-order valence-corrected chi connectivity index (χ0v) is 13.7. The third-order valence-electron chi connectivity index (χ3n) is 2.45. The number of nitrogens with one attached hydrogen (secondary N) is 1. The van der Waals surface area contributed by atoms with Crippen LogP contribution in [0.5, 0.6) is 0 Å². The molecule has 17 heavy (non-hydrogen) atoms. The molecule has 9 heteroatoms. The Morgan fingerprint density at radius 3 is 2.47 bits per heavy atom. The summed E-state index contributed by atoms with van der Waals surface area (Å²) in [5.74, 6) is 0. The summed E-state index contributed by atoms with van der Waals surface area (Å²) in [4.78, 5) is 0. The largest absolute Gasteiger partial charge is 0.261 e. The fraction of sp³-hybridized carbons (Fsp3) is 0.750. The summed E-state index contributed by atoms with van der Waals surface area (Å²) in [6.45, 7) is 3.75. The molecule has 1 atom stereocenters.